The minimum absolute atomic E-state index is 0.00566. The Hall–Kier alpha value is -1.60. The number of aliphatic carboxylic acids is 1. The van der Waals surface area contributed by atoms with Crippen molar-refractivity contribution in [2.75, 3.05) is 25.4 Å². The second-order valence-electron chi connectivity index (χ2n) is 6.35. The van der Waals surface area contributed by atoms with E-state index in [9.17, 15) is 13.2 Å². The lowest BCUT2D eigenvalue weighted by molar-refractivity contribution is -0.142. The summed E-state index contributed by atoms with van der Waals surface area (Å²) >= 11 is 0. The van der Waals surface area contributed by atoms with Gasteiger partial charge >= 0.3 is 5.97 Å². The molecule has 0 radical (unpaired) electrons. The van der Waals surface area contributed by atoms with E-state index >= 15 is 0 Å². The number of aryl methyl sites for hydroxylation is 1. The molecule has 0 aromatic heterocycles. The Kier molecular flexibility index (Phi) is 4.33. The van der Waals surface area contributed by atoms with Gasteiger partial charge in [-0.05, 0) is 29.5 Å². The van der Waals surface area contributed by atoms with Crippen LogP contribution >= 0.6 is 0 Å². The van der Waals surface area contributed by atoms with E-state index in [1.165, 1.54) is 4.31 Å². The first kappa shape index (κ1) is 16.3. The Morgan fingerprint density at radius 1 is 1.39 bits per heavy atom. The van der Waals surface area contributed by atoms with Crippen molar-refractivity contribution in [3.8, 4) is 5.75 Å². The highest BCUT2D eigenvalue weighted by atomic mass is 32.2. The molecule has 23 heavy (non-hydrogen) atoms. The van der Waals surface area contributed by atoms with E-state index in [0.29, 0.717) is 13.0 Å². The number of benzene rings is 1. The molecule has 2 atom stereocenters. The topological polar surface area (TPSA) is 83.9 Å². The van der Waals surface area contributed by atoms with Crippen molar-refractivity contribution >= 4 is 16.0 Å². The fourth-order valence-corrected chi connectivity index (χ4v) is 4.84. The summed E-state index contributed by atoms with van der Waals surface area (Å²) in [5.41, 5.74) is 2.10. The van der Waals surface area contributed by atoms with Gasteiger partial charge in [0.05, 0.1) is 18.3 Å². The van der Waals surface area contributed by atoms with Gasteiger partial charge in [0.1, 0.15) is 5.75 Å². The third-order valence-corrected chi connectivity index (χ3v) is 6.50. The Morgan fingerprint density at radius 3 is 2.87 bits per heavy atom. The second kappa shape index (κ2) is 6.13. The third kappa shape index (κ3) is 3.35. The van der Waals surface area contributed by atoms with Crippen LogP contribution in [0.3, 0.4) is 0 Å². The Bertz CT molecular complexity index is 715. The summed E-state index contributed by atoms with van der Waals surface area (Å²) in [4.78, 5) is 11.1. The standard InChI is InChI=1S/C16H21NO5S/c1-11-9-17(10-14(11)16(18)19)23(20,21)7-5-12-2-3-15-13(8-12)4-6-22-15/h2-3,8,11,14H,4-7,9-10H2,1H3,(H,18,19)/t11-,14-/m1/s1. The molecule has 126 valence electrons. The van der Waals surface area contributed by atoms with Crippen LogP contribution in [-0.2, 0) is 27.7 Å². The van der Waals surface area contributed by atoms with Crippen molar-refractivity contribution in [2.24, 2.45) is 11.8 Å². The van der Waals surface area contributed by atoms with Gasteiger partial charge < -0.3 is 9.84 Å². The van der Waals surface area contributed by atoms with Crippen molar-refractivity contribution in [2.45, 2.75) is 19.8 Å². The molecule has 1 N–H and O–H groups in total. The number of rotatable bonds is 5. The quantitative estimate of drug-likeness (QED) is 0.870. The molecule has 0 saturated carbocycles. The SMILES string of the molecule is C[C@@H]1CN(S(=O)(=O)CCc2ccc3c(c2)CCO3)C[C@H]1C(=O)O. The van der Waals surface area contributed by atoms with E-state index in [1.54, 1.807) is 6.92 Å². The van der Waals surface area contributed by atoms with E-state index < -0.39 is 21.9 Å². The number of fused-ring (bicyclic) bond motifs is 1. The van der Waals surface area contributed by atoms with Crippen LogP contribution < -0.4 is 4.74 Å². The summed E-state index contributed by atoms with van der Waals surface area (Å²) in [6.07, 6.45) is 1.29. The number of carboxylic acids is 1. The Labute approximate surface area is 136 Å². The lowest BCUT2D eigenvalue weighted by Crippen LogP contribution is -2.32. The number of ether oxygens (including phenoxy) is 1. The van der Waals surface area contributed by atoms with E-state index in [1.807, 2.05) is 18.2 Å². The number of nitrogens with zero attached hydrogens (tertiary/aromatic N) is 1. The van der Waals surface area contributed by atoms with Crippen molar-refractivity contribution in [1.29, 1.82) is 0 Å². The van der Waals surface area contributed by atoms with Crippen molar-refractivity contribution in [3.05, 3.63) is 29.3 Å². The highest BCUT2D eigenvalue weighted by Gasteiger charge is 2.39. The summed E-state index contributed by atoms with van der Waals surface area (Å²) in [7, 11) is -3.43. The van der Waals surface area contributed by atoms with Crippen LogP contribution in [0.1, 0.15) is 18.1 Å². The van der Waals surface area contributed by atoms with Gasteiger partial charge in [0, 0.05) is 19.5 Å². The molecule has 0 spiro atoms. The Balaban J connectivity index is 1.64. The lowest BCUT2D eigenvalue weighted by Gasteiger charge is -2.16. The summed E-state index contributed by atoms with van der Waals surface area (Å²) in [5.74, 6) is -0.796. The maximum absolute atomic E-state index is 12.5. The van der Waals surface area contributed by atoms with Gasteiger partial charge in [0.25, 0.3) is 0 Å². The van der Waals surface area contributed by atoms with E-state index in [-0.39, 0.29) is 24.8 Å². The molecule has 0 aliphatic carbocycles. The second-order valence-corrected chi connectivity index (χ2v) is 8.43. The van der Waals surface area contributed by atoms with Crippen LogP contribution in [0.2, 0.25) is 0 Å². The van der Waals surface area contributed by atoms with Gasteiger partial charge in [0.2, 0.25) is 10.0 Å². The van der Waals surface area contributed by atoms with Crippen LogP contribution in [0, 0.1) is 11.8 Å². The minimum atomic E-state index is -3.43. The minimum Gasteiger partial charge on any atom is -0.493 e. The molecule has 2 aliphatic heterocycles. The zero-order valence-electron chi connectivity index (χ0n) is 13.1. The first-order valence-electron chi connectivity index (χ1n) is 7.82. The molecule has 0 bridgehead atoms. The predicted octanol–water partition coefficient (Wildman–Crippen LogP) is 1.15. The predicted molar refractivity (Wildman–Crippen MR) is 85.0 cm³/mol. The van der Waals surface area contributed by atoms with Crippen LogP contribution in [0.5, 0.6) is 5.75 Å². The first-order valence-corrected chi connectivity index (χ1v) is 9.43. The lowest BCUT2D eigenvalue weighted by atomic mass is 9.99. The fourth-order valence-electron chi connectivity index (χ4n) is 3.24. The average molecular weight is 339 g/mol. The van der Waals surface area contributed by atoms with Gasteiger partial charge in [-0.3, -0.25) is 4.79 Å². The van der Waals surface area contributed by atoms with Crippen LogP contribution in [0.15, 0.2) is 18.2 Å². The number of sulfonamides is 1. The number of hydrogen-bond donors (Lipinski definition) is 1. The highest BCUT2D eigenvalue weighted by molar-refractivity contribution is 7.89. The largest absolute Gasteiger partial charge is 0.493 e. The molecular formula is C16H21NO5S. The summed E-state index contributed by atoms with van der Waals surface area (Å²) in [6, 6.07) is 5.79. The van der Waals surface area contributed by atoms with Crippen molar-refractivity contribution in [1.82, 2.24) is 4.31 Å². The zero-order chi connectivity index (χ0) is 16.6. The molecule has 7 heteroatoms. The van der Waals surface area contributed by atoms with E-state index in [0.717, 1.165) is 23.3 Å². The molecule has 3 rings (SSSR count). The van der Waals surface area contributed by atoms with Gasteiger partial charge in [-0.25, -0.2) is 12.7 Å². The number of carboxylic acid groups (broad SMARTS) is 1. The summed E-state index contributed by atoms with van der Waals surface area (Å²) in [5, 5.41) is 9.13. The molecule has 6 nitrogen and oxygen atoms in total. The van der Waals surface area contributed by atoms with Crippen molar-refractivity contribution in [3.63, 3.8) is 0 Å². The molecule has 0 amide bonds. The van der Waals surface area contributed by atoms with Crippen LogP contribution in [0.25, 0.3) is 0 Å². The van der Waals surface area contributed by atoms with Crippen LogP contribution in [-0.4, -0.2) is 49.2 Å². The summed E-state index contributed by atoms with van der Waals surface area (Å²) in [6.45, 7) is 2.84. The van der Waals surface area contributed by atoms with E-state index in [2.05, 4.69) is 0 Å². The zero-order valence-corrected chi connectivity index (χ0v) is 13.9. The van der Waals surface area contributed by atoms with Gasteiger partial charge in [-0.2, -0.15) is 0 Å². The van der Waals surface area contributed by atoms with Gasteiger partial charge in [-0.15, -0.1) is 0 Å². The van der Waals surface area contributed by atoms with Gasteiger partial charge in [0.15, 0.2) is 0 Å². The maximum Gasteiger partial charge on any atom is 0.308 e. The monoisotopic (exact) mass is 339 g/mol. The molecule has 1 aromatic carbocycles. The number of carbonyl (C=O) groups is 1. The molecule has 2 aliphatic rings. The summed E-state index contributed by atoms with van der Waals surface area (Å²) < 4.78 is 31.7. The van der Waals surface area contributed by atoms with Crippen LogP contribution in [0.4, 0.5) is 0 Å². The number of hydrogen-bond acceptors (Lipinski definition) is 4. The molecule has 0 unspecified atom stereocenters. The molecule has 1 fully saturated rings. The average Bonchev–Trinajstić information content (AvgIpc) is 3.11. The normalized spacial score (nSPS) is 24.4. The Morgan fingerprint density at radius 2 is 2.17 bits per heavy atom. The fraction of sp³-hybridized carbons (Fsp3) is 0.562. The molecule has 1 saturated heterocycles. The first-order chi connectivity index (χ1) is 10.9. The molecule has 1 aromatic rings. The van der Waals surface area contributed by atoms with Crippen molar-refractivity contribution < 1.29 is 23.1 Å². The smallest absolute Gasteiger partial charge is 0.308 e. The maximum atomic E-state index is 12.5. The molecule has 2 heterocycles. The third-order valence-electron chi connectivity index (χ3n) is 4.69. The highest BCUT2D eigenvalue weighted by Crippen LogP contribution is 2.28. The van der Waals surface area contributed by atoms with E-state index in [4.69, 9.17) is 9.84 Å². The molecular weight excluding hydrogens is 318 g/mol. The van der Waals surface area contributed by atoms with Gasteiger partial charge in [-0.1, -0.05) is 19.1 Å².